The van der Waals surface area contributed by atoms with E-state index < -0.39 is 30.3 Å². The maximum absolute atomic E-state index is 12.6. The third kappa shape index (κ3) is 8.58. The summed E-state index contributed by atoms with van der Waals surface area (Å²) in [4.78, 5) is 32.9. The summed E-state index contributed by atoms with van der Waals surface area (Å²) < 4.78 is 17.6. The van der Waals surface area contributed by atoms with Crippen molar-refractivity contribution in [3.05, 3.63) is 107 Å². The normalized spacial score (nSPS) is 15.2. The lowest BCUT2D eigenvalue weighted by Crippen LogP contribution is -2.41. The maximum atomic E-state index is 12.6. The van der Waals surface area contributed by atoms with Gasteiger partial charge in [0.05, 0.1) is 17.8 Å². The third-order valence-electron chi connectivity index (χ3n) is 8.94. The number of anilines is 1. The highest BCUT2D eigenvalue weighted by atomic mass is 16.7. The fourth-order valence-corrected chi connectivity index (χ4v) is 5.24. The minimum Gasteiger partial charge on any atom is -0.444 e. The number of nitrogens with one attached hydrogen (secondary N) is 2. The van der Waals surface area contributed by atoms with Gasteiger partial charge in [-0.05, 0) is 110 Å². The monoisotopic (exact) mass is 637 g/mol. The van der Waals surface area contributed by atoms with Crippen molar-refractivity contribution in [3.63, 3.8) is 0 Å². The number of hydrogen-bond acceptors (Lipinski definition) is 7. The number of benzene rings is 4. The van der Waals surface area contributed by atoms with Gasteiger partial charge in [0.15, 0.2) is 0 Å². The highest BCUT2D eigenvalue weighted by molar-refractivity contribution is 6.62. The molecule has 246 valence electrons. The highest BCUT2D eigenvalue weighted by Crippen LogP contribution is 2.36. The van der Waals surface area contributed by atoms with Crippen molar-refractivity contribution in [1.29, 1.82) is 0 Å². The Labute approximate surface area is 277 Å². The van der Waals surface area contributed by atoms with Gasteiger partial charge in [-0.15, -0.1) is 0 Å². The standard InChI is InChI=1S/C37H44BN3O6/c1-7-41(8-2)23-27-9-13-31-22-28(10-14-30(31)21-27)24-44-35(43)39-33-19-15-29(16-20-33)34(42)40-45-25-26-11-17-32(18-12-26)38-46-36(3,4)37(5,6)47-38/h9-22H,7-8,23-25H2,1-6H3,(H,39,43)(H,40,42). The van der Waals surface area contributed by atoms with E-state index in [9.17, 15) is 9.59 Å². The molecule has 0 saturated carbocycles. The zero-order valence-corrected chi connectivity index (χ0v) is 28.1. The zero-order chi connectivity index (χ0) is 33.6. The van der Waals surface area contributed by atoms with Crippen LogP contribution in [0.25, 0.3) is 10.8 Å². The van der Waals surface area contributed by atoms with Crippen molar-refractivity contribution in [2.24, 2.45) is 0 Å². The Morgan fingerprint density at radius 1 is 0.745 bits per heavy atom. The molecular formula is C37H44BN3O6. The second-order valence-corrected chi connectivity index (χ2v) is 12.8. The van der Waals surface area contributed by atoms with Crippen LogP contribution < -0.4 is 16.3 Å². The first kappa shape index (κ1) is 34.1. The number of rotatable bonds is 12. The lowest BCUT2D eigenvalue weighted by atomic mass is 9.79. The summed E-state index contributed by atoms with van der Waals surface area (Å²) in [6, 6.07) is 26.7. The van der Waals surface area contributed by atoms with Crippen molar-refractivity contribution in [1.82, 2.24) is 10.4 Å². The molecule has 5 rings (SSSR count). The van der Waals surface area contributed by atoms with E-state index in [1.54, 1.807) is 24.3 Å². The van der Waals surface area contributed by atoms with Gasteiger partial charge in [0, 0.05) is 17.8 Å². The van der Waals surface area contributed by atoms with Crippen molar-refractivity contribution >= 4 is 41.0 Å². The number of carbonyl (C=O) groups excluding carboxylic acids is 2. The topological polar surface area (TPSA) is 98.4 Å². The SMILES string of the molecule is CCN(CC)Cc1ccc2cc(COC(=O)Nc3ccc(C(=O)NOCc4ccc(B5OC(C)(C)C(C)(C)O5)cc4)cc3)ccc2c1. The van der Waals surface area contributed by atoms with E-state index in [1.807, 2.05) is 64.1 Å². The summed E-state index contributed by atoms with van der Waals surface area (Å²) in [5, 5.41) is 4.96. The Morgan fingerprint density at radius 3 is 1.94 bits per heavy atom. The van der Waals surface area contributed by atoms with E-state index in [2.05, 4.69) is 53.8 Å². The molecule has 47 heavy (non-hydrogen) atoms. The van der Waals surface area contributed by atoms with E-state index in [0.29, 0.717) is 11.3 Å². The number of hydroxylamine groups is 1. The first-order valence-corrected chi connectivity index (χ1v) is 16.1. The van der Waals surface area contributed by atoms with E-state index in [1.165, 1.54) is 5.56 Å². The molecule has 0 spiro atoms. The molecule has 9 nitrogen and oxygen atoms in total. The van der Waals surface area contributed by atoms with E-state index in [4.69, 9.17) is 18.9 Å². The Morgan fingerprint density at radius 2 is 1.32 bits per heavy atom. The Kier molecular flexibility index (Phi) is 10.7. The summed E-state index contributed by atoms with van der Waals surface area (Å²) in [6.07, 6.45) is -0.579. The van der Waals surface area contributed by atoms with Crippen LogP contribution in [0.4, 0.5) is 10.5 Å². The van der Waals surface area contributed by atoms with Crippen LogP contribution in [-0.4, -0.2) is 48.3 Å². The van der Waals surface area contributed by atoms with E-state index in [0.717, 1.165) is 47.0 Å². The third-order valence-corrected chi connectivity index (χ3v) is 8.94. The Hall–Kier alpha value is -4.22. The molecule has 1 aliphatic rings. The maximum Gasteiger partial charge on any atom is 0.494 e. The highest BCUT2D eigenvalue weighted by Gasteiger charge is 2.51. The molecule has 2 amide bonds. The zero-order valence-electron chi connectivity index (χ0n) is 28.1. The quantitative estimate of drug-likeness (QED) is 0.134. The van der Waals surface area contributed by atoms with Crippen LogP contribution >= 0.6 is 0 Å². The van der Waals surface area contributed by atoms with Gasteiger partial charge in [-0.3, -0.25) is 19.8 Å². The summed E-state index contributed by atoms with van der Waals surface area (Å²) in [6.45, 7) is 15.7. The van der Waals surface area contributed by atoms with Crippen molar-refractivity contribution in [2.75, 3.05) is 18.4 Å². The van der Waals surface area contributed by atoms with Crippen LogP contribution in [0.5, 0.6) is 0 Å². The van der Waals surface area contributed by atoms with Crippen LogP contribution in [0.1, 0.15) is 68.6 Å². The first-order valence-electron chi connectivity index (χ1n) is 16.1. The van der Waals surface area contributed by atoms with Gasteiger partial charge in [-0.25, -0.2) is 10.3 Å². The van der Waals surface area contributed by atoms with Crippen LogP contribution in [0.15, 0.2) is 84.9 Å². The smallest absolute Gasteiger partial charge is 0.444 e. The predicted molar refractivity (Wildman–Crippen MR) is 185 cm³/mol. The van der Waals surface area contributed by atoms with Crippen LogP contribution in [-0.2, 0) is 38.6 Å². The second kappa shape index (κ2) is 14.7. The lowest BCUT2D eigenvalue weighted by Gasteiger charge is -2.32. The minimum atomic E-state index is -0.579. The number of hydrogen-bond donors (Lipinski definition) is 2. The predicted octanol–water partition coefficient (Wildman–Crippen LogP) is 6.59. The second-order valence-electron chi connectivity index (χ2n) is 12.8. The molecular weight excluding hydrogens is 593 g/mol. The number of fused-ring (bicyclic) bond motifs is 1. The number of ether oxygens (including phenoxy) is 1. The molecule has 0 aromatic heterocycles. The van der Waals surface area contributed by atoms with Crippen LogP contribution in [0.2, 0.25) is 0 Å². The molecule has 1 fully saturated rings. The molecule has 0 radical (unpaired) electrons. The fraction of sp³-hybridized carbons (Fsp3) is 0.351. The van der Waals surface area contributed by atoms with Gasteiger partial charge in [0.1, 0.15) is 6.61 Å². The number of nitrogens with zero attached hydrogens (tertiary/aromatic N) is 1. The molecule has 1 saturated heterocycles. The molecule has 2 N–H and O–H groups in total. The van der Waals surface area contributed by atoms with Crippen molar-refractivity contribution < 1.29 is 28.5 Å². The molecule has 0 unspecified atom stereocenters. The molecule has 0 bridgehead atoms. The summed E-state index contributed by atoms with van der Waals surface area (Å²) in [7, 11) is -0.435. The summed E-state index contributed by atoms with van der Waals surface area (Å²) >= 11 is 0. The lowest BCUT2D eigenvalue weighted by molar-refractivity contribution is 0.00578. The summed E-state index contributed by atoms with van der Waals surface area (Å²) in [5.74, 6) is -0.399. The first-order chi connectivity index (χ1) is 22.5. The van der Waals surface area contributed by atoms with Gasteiger partial charge >= 0.3 is 13.2 Å². The minimum absolute atomic E-state index is 0.141. The van der Waals surface area contributed by atoms with Crippen molar-refractivity contribution in [2.45, 2.75) is 72.5 Å². The van der Waals surface area contributed by atoms with Crippen LogP contribution in [0, 0.1) is 0 Å². The van der Waals surface area contributed by atoms with Gasteiger partial charge in [0.25, 0.3) is 5.91 Å². The number of amides is 2. The Bertz CT molecular complexity index is 1670. The van der Waals surface area contributed by atoms with Crippen LogP contribution in [0.3, 0.4) is 0 Å². The van der Waals surface area contributed by atoms with Gasteiger partial charge in [-0.1, -0.05) is 62.4 Å². The van der Waals surface area contributed by atoms with Gasteiger partial charge in [-0.2, -0.15) is 0 Å². The van der Waals surface area contributed by atoms with Gasteiger partial charge in [0.2, 0.25) is 0 Å². The van der Waals surface area contributed by atoms with Gasteiger partial charge < -0.3 is 14.0 Å². The largest absolute Gasteiger partial charge is 0.494 e. The van der Waals surface area contributed by atoms with E-state index >= 15 is 0 Å². The average molecular weight is 638 g/mol. The molecule has 1 heterocycles. The molecule has 4 aromatic carbocycles. The fourth-order valence-electron chi connectivity index (χ4n) is 5.24. The molecule has 10 heteroatoms. The van der Waals surface area contributed by atoms with Crippen molar-refractivity contribution in [3.8, 4) is 0 Å². The average Bonchev–Trinajstić information content (AvgIpc) is 3.29. The Balaban J connectivity index is 1.04. The summed E-state index contributed by atoms with van der Waals surface area (Å²) in [5.41, 5.74) is 6.53. The molecule has 0 atom stereocenters. The molecule has 0 aliphatic carbocycles. The molecule has 1 aliphatic heterocycles. The number of carbonyl (C=O) groups is 2. The molecule has 4 aromatic rings. The van der Waals surface area contributed by atoms with E-state index in [-0.39, 0.29) is 13.2 Å².